The van der Waals surface area contributed by atoms with Crippen molar-refractivity contribution < 1.29 is 14.6 Å². The summed E-state index contributed by atoms with van der Waals surface area (Å²) in [5.41, 5.74) is 1.92. The van der Waals surface area contributed by atoms with E-state index in [2.05, 4.69) is 24.8 Å². The van der Waals surface area contributed by atoms with Gasteiger partial charge in [-0.1, -0.05) is 6.07 Å². The Bertz CT molecular complexity index is 614. The quantitative estimate of drug-likeness (QED) is 0.863. The molecular formula is C16H18N2O3. The summed E-state index contributed by atoms with van der Waals surface area (Å²) in [7, 11) is 0. The predicted octanol–water partition coefficient (Wildman–Crippen LogP) is 2.27. The number of carboxylic acid groups (broad SMARTS) is 1. The van der Waals surface area contributed by atoms with Crippen LogP contribution in [-0.4, -0.2) is 36.4 Å². The second-order valence-corrected chi connectivity index (χ2v) is 5.58. The molecule has 2 rings (SSSR count). The van der Waals surface area contributed by atoms with Crippen molar-refractivity contribution in [2.24, 2.45) is 0 Å². The largest absolute Gasteiger partial charge is 0.478 e. The van der Waals surface area contributed by atoms with Gasteiger partial charge in [-0.2, -0.15) is 5.26 Å². The molecule has 1 heterocycles. The van der Waals surface area contributed by atoms with Gasteiger partial charge >= 0.3 is 5.97 Å². The molecule has 0 bridgehead atoms. The predicted molar refractivity (Wildman–Crippen MR) is 80.1 cm³/mol. The number of rotatable bonds is 3. The molecule has 21 heavy (non-hydrogen) atoms. The van der Waals surface area contributed by atoms with Crippen LogP contribution in [0.5, 0.6) is 0 Å². The van der Waals surface area contributed by atoms with E-state index < -0.39 is 5.97 Å². The van der Waals surface area contributed by atoms with Crippen LogP contribution in [0.1, 0.15) is 25.0 Å². The molecule has 1 aromatic rings. The van der Waals surface area contributed by atoms with Gasteiger partial charge in [0.15, 0.2) is 0 Å². The summed E-state index contributed by atoms with van der Waals surface area (Å²) in [4.78, 5) is 12.7. The van der Waals surface area contributed by atoms with Gasteiger partial charge in [0, 0.05) is 12.6 Å². The van der Waals surface area contributed by atoms with Gasteiger partial charge in [-0.15, -0.1) is 0 Å². The number of anilines is 1. The minimum absolute atomic E-state index is 0.178. The fourth-order valence-electron chi connectivity index (χ4n) is 2.45. The smallest absolute Gasteiger partial charge is 0.328 e. The first-order chi connectivity index (χ1) is 9.94. The van der Waals surface area contributed by atoms with Crippen LogP contribution in [0.25, 0.3) is 6.08 Å². The third-order valence-electron chi connectivity index (χ3n) is 3.50. The zero-order valence-electron chi connectivity index (χ0n) is 12.2. The van der Waals surface area contributed by atoms with Gasteiger partial charge in [-0.05, 0) is 37.6 Å². The summed E-state index contributed by atoms with van der Waals surface area (Å²) in [6.07, 6.45) is 2.55. The monoisotopic (exact) mass is 286 g/mol. The van der Waals surface area contributed by atoms with Crippen molar-refractivity contribution in [2.45, 2.75) is 19.4 Å². The third-order valence-corrected chi connectivity index (χ3v) is 3.50. The van der Waals surface area contributed by atoms with Crippen LogP contribution in [0.4, 0.5) is 5.69 Å². The second-order valence-electron chi connectivity index (χ2n) is 5.58. The molecule has 0 unspecified atom stereocenters. The number of carboxylic acids is 1. The zero-order chi connectivity index (χ0) is 15.5. The van der Waals surface area contributed by atoms with Crippen molar-refractivity contribution in [3.05, 3.63) is 35.4 Å². The molecule has 0 spiro atoms. The molecule has 1 fully saturated rings. The Morgan fingerprint density at radius 1 is 1.52 bits per heavy atom. The molecule has 1 aromatic carbocycles. The van der Waals surface area contributed by atoms with E-state index >= 15 is 0 Å². The highest BCUT2D eigenvalue weighted by Crippen LogP contribution is 2.30. The van der Waals surface area contributed by atoms with E-state index in [1.54, 1.807) is 6.07 Å². The first-order valence-electron chi connectivity index (χ1n) is 6.74. The van der Waals surface area contributed by atoms with Crippen molar-refractivity contribution >= 4 is 17.7 Å². The third kappa shape index (κ3) is 3.41. The van der Waals surface area contributed by atoms with E-state index in [4.69, 9.17) is 9.84 Å². The molecule has 5 nitrogen and oxygen atoms in total. The van der Waals surface area contributed by atoms with Crippen LogP contribution in [0.2, 0.25) is 0 Å². The van der Waals surface area contributed by atoms with E-state index in [0.29, 0.717) is 24.3 Å². The van der Waals surface area contributed by atoms with Gasteiger partial charge < -0.3 is 14.7 Å². The van der Waals surface area contributed by atoms with E-state index in [0.717, 1.165) is 18.3 Å². The molecule has 0 amide bonds. The lowest BCUT2D eigenvalue weighted by Crippen LogP contribution is -2.53. The number of benzene rings is 1. The molecule has 1 N–H and O–H groups in total. The van der Waals surface area contributed by atoms with E-state index in [-0.39, 0.29) is 5.54 Å². The lowest BCUT2D eigenvalue weighted by molar-refractivity contribution is -0.131. The number of nitriles is 1. The van der Waals surface area contributed by atoms with Crippen molar-refractivity contribution in [2.75, 3.05) is 24.7 Å². The number of hydrogen-bond donors (Lipinski definition) is 1. The number of morpholine rings is 1. The highest BCUT2D eigenvalue weighted by atomic mass is 16.5. The van der Waals surface area contributed by atoms with Crippen LogP contribution in [-0.2, 0) is 9.53 Å². The van der Waals surface area contributed by atoms with Gasteiger partial charge in [0.1, 0.15) is 6.07 Å². The maximum atomic E-state index is 10.6. The Labute approximate surface area is 124 Å². The molecule has 0 radical (unpaired) electrons. The molecular weight excluding hydrogens is 268 g/mol. The van der Waals surface area contributed by atoms with Gasteiger partial charge in [-0.3, -0.25) is 0 Å². The average molecular weight is 286 g/mol. The Morgan fingerprint density at radius 3 is 2.90 bits per heavy atom. The SMILES string of the molecule is CC1(C)COCCN1c1ccc(/C=C/C(=O)O)cc1C#N. The highest BCUT2D eigenvalue weighted by Gasteiger charge is 2.31. The van der Waals surface area contributed by atoms with Crippen LogP contribution in [0, 0.1) is 11.3 Å². The van der Waals surface area contributed by atoms with Gasteiger partial charge in [-0.25, -0.2) is 4.79 Å². The summed E-state index contributed by atoms with van der Waals surface area (Å²) >= 11 is 0. The second kappa shape index (κ2) is 5.98. The minimum Gasteiger partial charge on any atom is -0.478 e. The summed E-state index contributed by atoms with van der Waals surface area (Å²) in [5, 5.41) is 18.0. The zero-order valence-corrected chi connectivity index (χ0v) is 12.2. The lowest BCUT2D eigenvalue weighted by atomic mass is 9.99. The summed E-state index contributed by atoms with van der Waals surface area (Å²) < 4.78 is 5.50. The van der Waals surface area contributed by atoms with E-state index in [1.165, 1.54) is 6.08 Å². The first kappa shape index (κ1) is 15.1. The average Bonchev–Trinajstić information content (AvgIpc) is 2.44. The molecule has 0 aromatic heterocycles. The molecule has 1 aliphatic rings. The standard InChI is InChI=1S/C16H18N2O3/c1-16(2)11-21-8-7-18(16)14-5-3-12(4-6-15(19)20)9-13(14)10-17/h3-6,9H,7-8,11H2,1-2H3,(H,19,20)/b6-4+. The molecule has 0 atom stereocenters. The Hall–Kier alpha value is -2.32. The molecule has 0 aliphatic carbocycles. The summed E-state index contributed by atoms with van der Waals surface area (Å²) in [6, 6.07) is 7.59. The summed E-state index contributed by atoms with van der Waals surface area (Å²) in [6.45, 7) is 6.12. The van der Waals surface area contributed by atoms with Crippen molar-refractivity contribution in [1.82, 2.24) is 0 Å². The number of nitrogens with zero attached hydrogens (tertiary/aromatic N) is 2. The van der Waals surface area contributed by atoms with Gasteiger partial charge in [0.2, 0.25) is 0 Å². The maximum Gasteiger partial charge on any atom is 0.328 e. The minimum atomic E-state index is -1.01. The van der Waals surface area contributed by atoms with Crippen LogP contribution in [0.15, 0.2) is 24.3 Å². The first-order valence-corrected chi connectivity index (χ1v) is 6.74. The fraction of sp³-hybridized carbons (Fsp3) is 0.375. The Kier molecular flexibility index (Phi) is 4.29. The van der Waals surface area contributed by atoms with Crippen molar-refractivity contribution in [3.63, 3.8) is 0 Å². The fourth-order valence-corrected chi connectivity index (χ4v) is 2.45. The van der Waals surface area contributed by atoms with E-state index in [1.807, 2.05) is 12.1 Å². The molecule has 1 aliphatic heterocycles. The van der Waals surface area contributed by atoms with Gasteiger partial charge in [0.25, 0.3) is 0 Å². The topological polar surface area (TPSA) is 73.6 Å². The number of aliphatic carboxylic acids is 1. The molecule has 0 saturated carbocycles. The molecule has 110 valence electrons. The number of ether oxygens (including phenoxy) is 1. The van der Waals surface area contributed by atoms with Crippen LogP contribution >= 0.6 is 0 Å². The lowest BCUT2D eigenvalue weighted by Gasteiger charge is -2.44. The van der Waals surface area contributed by atoms with Crippen molar-refractivity contribution in [1.29, 1.82) is 5.26 Å². The summed E-state index contributed by atoms with van der Waals surface area (Å²) in [5.74, 6) is -1.01. The van der Waals surface area contributed by atoms with Crippen LogP contribution in [0.3, 0.4) is 0 Å². The number of hydrogen-bond acceptors (Lipinski definition) is 4. The number of carbonyl (C=O) groups is 1. The maximum absolute atomic E-state index is 10.6. The Morgan fingerprint density at radius 2 is 2.29 bits per heavy atom. The normalized spacial score (nSPS) is 17.7. The molecule has 5 heteroatoms. The van der Waals surface area contributed by atoms with E-state index in [9.17, 15) is 10.1 Å². The van der Waals surface area contributed by atoms with Crippen molar-refractivity contribution in [3.8, 4) is 6.07 Å². The van der Waals surface area contributed by atoms with Crippen LogP contribution < -0.4 is 4.90 Å². The van der Waals surface area contributed by atoms with Gasteiger partial charge in [0.05, 0.1) is 30.0 Å². The Balaban J connectivity index is 2.37. The molecule has 1 saturated heterocycles. The highest BCUT2D eigenvalue weighted by molar-refractivity contribution is 5.85.